The molecule has 1 aliphatic rings. The smallest absolute Gasteiger partial charge is 0.114 e. The number of benzene rings is 1. The van der Waals surface area contributed by atoms with Crippen LogP contribution < -0.4 is 5.32 Å². The van der Waals surface area contributed by atoms with E-state index in [4.69, 9.17) is 4.98 Å². The maximum atomic E-state index is 4.71. The maximum absolute atomic E-state index is 4.71. The predicted octanol–water partition coefficient (Wildman–Crippen LogP) is 2.91. The Kier molecular flexibility index (Phi) is 2.27. The van der Waals surface area contributed by atoms with Crippen LogP contribution in [-0.2, 0) is 0 Å². The molecular formula is C15H14N4. The van der Waals surface area contributed by atoms with Gasteiger partial charge in [-0.05, 0) is 24.1 Å². The van der Waals surface area contributed by atoms with E-state index in [1.54, 1.807) is 6.20 Å². The zero-order chi connectivity index (χ0) is 12.7. The first kappa shape index (κ1) is 10.6. The number of para-hydroxylation sites is 1. The molecule has 1 atom stereocenters. The first-order valence-electron chi connectivity index (χ1n) is 6.54. The molecule has 4 rings (SSSR count). The summed E-state index contributed by atoms with van der Waals surface area (Å²) in [5, 5.41) is 3.44. The number of hydrogen-bond donors (Lipinski definition) is 2. The van der Waals surface area contributed by atoms with E-state index in [1.165, 1.54) is 11.3 Å². The molecule has 0 amide bonds. The van der Waals surface area contributed by atoms with Crippen LogP contribution in [0, 0.1) is 0 Å². The van der Waals surface area contributed by atoms with Gasteiger partial charge in [0, 0.05) is 24.3 Å². The minimum Gasteiger partial charge on any atom is -0.385 e. The van der Waals surface area contributed by atoms with E-state index in [2.05, 4.69) is 39.6 Å². The molecule has 1 aliphatic heterocycles. The van der Waals surface area contributed by atoms with Crippen molar-refractivity contribution in [1.82, 2.24) is 15.0 Å². The molecule has 0 saturated heterocycles. The second kappa shape index (κ2) is 4.09. The Morgan fingerprint density at radius 3 is 3.05 bits per heavy atom. The molecule has 0 saturated carbocycles. The maximum Gasteiger partial charge on any atom is 0.114 e. The van der Waals surface area contributed by atoms with Crippen LogP contribution in [0.3, 0.4) is 0 Å². The molecule has 0 radical (unpaired) electrons. The lowest BCUT2D eigenvalue weighted by Gasteiger charge is -2.25. The van der Waals surface area contributed by atoms with Crippen molar-refractivity contribution >= 4 is 16.7 Å². The Morgan fingerprint density at radius 2 is 2.11 bits per heavy atom. The predicted molar refractivity (Wildman–Crippen MR) is 75.3 cm³/mol. The van der Waals surface area contributed by atoms with Gasteiger partial charge in [-0.15, -0.1) is 0 Å². The molecule has 19 heavy (non-hydrogen) atoms. The summed E-state index contributed by atoms with van der Waals surface area (Å²) in [6, 6.07) is 10.4. The summed E-state index contributed by atoms with van der Waals surface area (Å²) in [6.45, 7) is 0.983. The number of aromatic amines is 1. The van der Waals surface area contributed by atoms with Gasteiger partial charge in [0.2, 0.25) is 0 Å². The van der Waals surface area contributed by atoms with Gasteiger partial charge in [0.15, 0.2) is 0 Å². The second-order valence-corrected chi connectivity index (χ2v) is 4.87. The normalized spacial score (nSPS) is 18.0. The number of hydrogen-bond acceptors (Lipinski definition) is 3. The summed E-state index contributed by atoms with van der Waals surface area (Å²) < 4.78 is 0. The average molecular weight is 250 g/mol. The largest absolute Gasteiger partial charge is 0.385 e. The van der Waals surface area contributed by atoms with E-state index >= 15 is 0 Å². The Hall–Kier alpha value is -2.36. The SMILES string of the molecule is c1ccc2c(c1)NCCC2c1nc2ccncc2[nH]1. The van der Waals surface area contributed by atoms with Crippen LogP contribution in [0.1, 0.15) is 23.7 Å². The lowest BCUT2D eigenvalue weighted by Crippen LogP contribution is -2.18. The van der Waals surface area contributed by atoms with Crippen LogP contribution in [0.15, 0.2) is 42.7 Å². The van der Waals surface area contributed by atoms with Gasteiger partial charge in [0.1, 0.15) is 5.82 Å². The van der Waals surface area contributed by atoms with E-state index in [0.29, 0.717) is 5.92 Å². The van der Waals surface area contributed by atoms with Gasteiger partial charge < -0.3 is 10.3 Å². The van der Waals surface area contributed by atoms with Crippen LogP contribution in [0.4, 0.5) is 5.69 Å². The van der Waals surface area contributed by atoms with Gasteiger partial charge in [-0.1, -0.05) is 18.2 Å². The van der Waals surface area contributed by atoms with Crippen molar-refractivity contribution in [2.75, 3.05) is 11.9 Å². The van der Waals surface area contributed by atoms with Crippen LogP contribution in [0.25, 0.3) is 11.0 Å². The highest BCUT2D eigenvalue weighted by Gasteiger charge is 2.23. The Labute approximate surface area is 110 Å². The van der Waals surface area contributed by atoms with Gasteiger partial charge in [-0.25, -0.2) is 4.98 Å². The number of nitrogens with zero attached hydrogens (tertiary/aromatic N) is 2. The summed E-state index contributed by atoms with van der Waals surface area (Å²) >= 11 is 0. The average Bonchev–Trinajstić information content (AvgIpc) is 2.90. The third-order valence-corrected chi connectivity index (χ3v) is 3.72. The third kappa shape index (κ3) is 1.68. The van der Waals surface area contributed by atoms with Gasteiger partial charge in [-0.2, -0.15) is 0 Å². The number of nitrogens with one attached hydrogen (secondary N) is 2. The van der Waals surface area contributed by atoms with Crippen molar-refractivity contribution in [2.45, 2.75) is 12.3 Å². The zero-order valence-corrected chi connectivity index (χ0v) is 10.4. The van der Waals surface area contributed by atoms with Gasteiger partial charge in [0.25, 0.3) is 0 Å². The fraction of sp³-hybridized carbons (Fsp3) is 0.200. The van der Waals surface area contributed by atoms with Gasteiger partial charge in [0.05, 0.1) is 17.2 Å². The fourth-order valence-corrected chi connectivity index (χ4v) is 2.79. The van der Waals surface area contributed by atoms with E-state index in [0.717, 1.165) is 29.8 Å². The minimum atomic E-state index is 0.338. The Morgan fingerprint density at radius 1 is 1.16 bits per heavy atom. The quantitative estimate of drug-likeness (QED) is 0.698. The van der Waals surface area contributed by atoms with Crippen LogP contribution in [-0.4, -0.2) is 21.5 Å². The standard InChI is InChI=1S/C15H14N4/c1-2-4-12-10(3-1)11(5-8-17-12)15-18-13-6-7-16-9-14(13)19-15/h1-4,6-7,9,11,17H,5,8H2,(H,18,19). The van der Waals surface area contributed by atoms with Gasteiger partial charge >= 0.3 is 0 Å². The van der Waals surface area contributed by atoms with Crippen molar-refractivity contribution in [3.05, 3.63) is 54.1 Å². The number of imidazole rings is 1. The molecule has 2 N–H and O–H groups in total. The van der Waals surface area contributed by atoms with E-state index in [9.17, 15) is 0 Å². The molecule has 94 valence electrons. The minimum absolute atomic E-state index is 0.338. The van der Waals surface area contributed by atoms with Crippen LogP contribution >= 0.6 is 0 Å². The first-order chi connectivity index (χ1) is 9.42. The molecule has 0 fully saturated rings. The lowest BCUT2D eigenvalue weighted by molar-refractivity contribution is 0.686. The van der Waals surface area contributed by atoms with Crippen molar-refractivity contribution < 1.29 is 0 Å². The fourth-order valence-electron chi connectivity index (χ4n) is 2.79. The first-order valence-corrected chi connectivity index (χ1v) is 6.54. The van der Waals surface area contributed by atoms with E-state index < -0.39 is 0 Å². The molecule has 0 bridgehead atoms. The highest BCUT2D eigenvalue weighted by atomic mass is 15.0. The van der Waals surface area contributed by atoms with Crippen molar-refractivity contribution in [3.63, 3.8) is 0 Å². The molecule has 4 nitrogen and oxygen atoms in total. The molecular weight excluding hydrogens is 236 g/mol. The summed E-state index contributed by atoms with van der Waals surface area (Å²) in [5.74, 6) is 1.38. The molecule has 0 spiro atoms. The number of aromatic nitrogens is 3. The summed E-state index contributed by atoms with van der Waals surface area (Å²) in [6.07, 6.45) is 4.67. The summed E-state index contributed by atoms with van der Waals surface area (Å²) in [7, 11) is 0. The van der Waals surface area contributed by atoms with Crippen LogP contribution in [0.2, 0.25) is 0 Å². The Bertz CT molecular complexity index is 699. The van der Waals surface area contributed by atoms with Crippen molar-refractivity contribution in [2.24, 2.45) is 0 Å². The summed E-state index contributed by atoms with van der Waals surface area (Å²) in [4.78, 5) is 12.2. The van der Waals surface area contributed by atoms with Gasteiger partial charge in [-0.3, -0.25) is 4.98 Å². The highest BCUT2D eigenvalue weighted by molar-refractivity contribution is 5.74. The molecule has 1 aromatic carbocycles. The number of fused-ring (bicyclic) bond motifs is 2. The number of rotatable bonds is 1. The van der Waals surface area contributed by atoms with E-state index in [1.807, 2.05) is 12.3 Å². The van der Waals surface area contributed by atoms with Crippen molar-refractivity contribution in [1.29, 1.82) is 0 Å². The Balaban J connectivity index is 1.85. The summed E-state index contributed by atoms with van der Waals surface area (Å²) in [5.41, 5.74) is 4.53. The lowest BCUT2D eigenvalue weighted by atomic mass is 9.90. The number of pyridine rings is 1. The second-order valence-electron chi connectivity index (χ2n) is 4.87. The number of H-pyrrole nitrogens is 1. The van der Waals surface area contributed by atoms with Crippen LogP contribution in [0.5, 0.6) is 0 Å². The third-order valence-electron chi connectivity index (χ3n) is 3.72. The molecule has 4 heteroatoms. The molecule has 3 heterocycles. The molecule has 0 aliphatic carbocycles. The van der Waals surface area contributed by atoms with Crippen molar-refractivity contribution in [3.8, 4) is 0 Å². The monoisotopic (exact) mass is 250 g/mol. The molecule has 3 aromatic rings. The number of anilines is 1. The highest BCUT2D eigenvalue weighted by Crippen LogP contribution is 2.35. The topological polar surface area (TPSA) is 53.6 Å². The molecule has 1 unspecified atom stereocenters. The van der Waals surface area contributed by atoms with E-state index in [-0.39, 0.29) is 0 Å². The zero-order valence-electron chi connectivity index (χ0n) is 10.4. The molecule has 2 aromatic heterocycles.